The number of hydrogen-bond donors (Lipinski definition) is 1. The van der Waals surface area contributed by atoms with Crippen LogP contribution in [0.3, 0.4) is 0 Å². The van der Waals surface area contributed by atoms with E-state index in [0.29, 0.717) is 12.5 Å². The highest BCUT2D eigenvalue weighted by atomic mass is 16.3. The topological polar surface area (TPSA) is 26.7 Å². The lowest BCUT2D eigenvalue weighted by molar-refractivity contribution is 0.0526. The third-order valence-corrected chi connectivity index (χ3v) is 5.13. The van der Waals surface area contributed by atoms with Crippen LogP contribution in [-0.4, -0.2) is 53.7 Å². The molecule has 1 aromatic carbocycles. The number of rotatable bonds is 4. The molecule has 116 valence electrons. The van der Waals surface area contributed by atoms with Gasteiger partial charge in [-0.3, -0.25) is 9.80 Å². The summed E-state index contributed by atoms with van der Waals surface area (Å²) in [4.78, 5) is 5.23. The third kappa shape index (κ3) is 4.06. The Morgan fingerprint density at radius 1 is 1.00 bits per heavy atom. The van der Waals surface area contributed by atoms with Gasteiger partial charge in [-0.2, -0.15) is 0 Å². The van der Waals surface area contributed by atoms with E-state index in [-0.39, 0.29) is 0 Å². The van der Waals surface area contributed by atoms with Gasteiger partial charge in [-0.1, -0.05) is 30.3 Å². The van der Waals surface area contributed by atoms with Crippen molar-refractivity contribution in [1.29, 1.82) is 0 Å². The predicted octanol–water partition coefficient (Wildman–Crippen LogP) is 2.36. The molecule has 2 fully saturated rings. The number of hydrogen-bond acceptors (Lipinski definition) is 3. The molecule has 3 nitrogen and oxygen atoms in total. The van der Waals surface area contributed by atoms with Crippen molar-refractivity contribution in [2.24, 2.45) is 5.92 Å². The molecule has 2 aliphatic heterocycles. The molecule has 3 heteroatoms. The summed E-state index contributed by atoms with van der Waals surface area (Å²) >= 11 is 0. The Bertz CT molecular complexity index is 414. The fourth-order valence-corrected chi connectivity index (χ4v) is 3.86. The first-order valence-electron chi connectivity index (χ1n) is 8.46. The maximum atomic E-state index is 9.38. The first-order chi connectivity index (χ1) is 10.3. The average Bonchev–Trinajstić information content (AvgIpc) is 2.56. The van der Waals surface area contributed by atoms with Crippen LogP contribution in [0.1, 0.15) is 31.2 Å². The minimum Gasteiger partial charge on any atom is -0.396 e. The number of aliphatic hydroxyl groups excluding tert-OH is 1. The van der Waals surface area contributed by atoms with Gasteiger partial charge in [0.25, 0.3) is 0 Å². The molecule has 0 saturated carbocycles. The van der Waals surface area contributed by atoms with E-state index in [1.54, 1.807) is 0 Å². The molecule has 21 heavy (non-hydrogen) atoms. The highest BCUT2D eigenvalue weighted by Gasteiger charge is 2.28. The molecule has 2 aliphatic rings. The maximum Gasteiger partial charge on any atom is 0.0471 e. The van der Waals surface area contributed by atoms with Gasteiger partial charge < -0.3 is 5.11 Å². The van der Waals surface area contributed by atoms with E-state index in [4.69, 9.17) is 0 Å². The Morgan fingerprint density at radius 3 is 2.48 bits per heavy atom. The zero-order chi connectivity index (χ0) is 14.5. The lowest BCUT2D eigenvalue weighted by atomic mass is 9.94. The molecule has 2 saturated heterocycles. The summed E-state index contributed by atoms with van der Waals surface area (Å²) in [6, 6.07) is 11.5. The summed E-state index contributed by atoms with van der Waals surface area (Å²) in [5.41, 5.74) is 1.43. The minimum atomic E-state index is 0.364. The Kier molecular flexibility index (Phi) is 5.28. The van der Waals surface area contributed by atoms with Gasteiger partial charge in [0, 0.05) is 25.7 Å². The molecule has 2 heterocycles. The van der Waals surface area contributed by atoms with Gasteiger partial charge >= 0.3 is 0 Å². The normalized spacial score (nSPS) is 26.0. The van der Waals surface area contributed by atoms with Crippen LogP contribution in [0, 0.1) is 5.92 Å². The molecule has 0 amide bonds. The van der Waals surface area contributed by atoms with Crippen molar-refractivity contribution in [3.8, 4) is 0 Å². The van der Waals surface area contributed by atoms with Gasteiger partial charge in [0.15, 0.2) is 0 Å². The molecule has 1 N–H and O–H groups in total. The van der Waals surface area contributed by atoms with E-state index in [2.05, 4.69) is 40.1 Å². The second-order valence-electron chi connectivity index (χ2n) is 6.68. The van der Waals surface area contributed by atoms with E-state index in [9.17, 15) is 5.11 Å². The molecule has 3 rings (SSSR count). The number of aliphatic hydroxyl groups is 1. The summed E-state index contributed by atoms with van der Waals surface area (Å²) in [7, 11) is 0. The number of benzene rings is 1. The standard InChI is InChI=1S/C18H28N2O/c21-15-17-7-4-10-20(14-17)18-8-11-19(12-9-18)13-16-5-2-1-3-6-16/h1-3,5-6,17-18,21H,4,7-15H2/t17-/m1/s1. The monoisotopic (exact) mass is 288 g/mol. The Morgan fingerprint density at radius 2 is 1.76 bits per heavy atom. The Hall–Kier alpha value is -0.900. The van der Waals surface area contributed by atoms with Crippen LogP contribution >= 0.6 is 0 Å². The van der Waals surface area contributed by atoms with Gasteiger partial charge in [0.2, 0.25) is 0 Å². The Labute approximate surface area is 128 Å². The van der Waals surface area contributed by atoms with Gasteiger partial charge in [-0.25, -0.2) is 0 Å². The zero-order valence-electron chi connectivity index (χ0n) is 13.0. The second-order valence-corrected chi connectivity index (χ2v) is 6.68. The molecule has 0 aromatic heterocycles. The van der Waals surface area contributed by atoms with Crippen molar-refractivity contribution in [3.05, 3.63) is 35.9 Å². The minimum absolute atomic E-state index is 0.364. The van der Waals surface area contributed by atoms with Crippen LogP contribution in [0.15, 0.2) is 30.3 Å². The molecule has 0 aliphatic carbocycles. The van der Waals surface area contributed by atoms with E-state index in [0.717, 1.165) is 19.1 Å². The van der Waals surface area contributed by atoms with Crippen molar-refractivity contribution in [2.75, 3.05) is 32.8 Å². The first-order valence-corrected chi connectivity index (χ1v) is 8.46. The molecule has 0 unspecified atom stereocenters. The predicted molar refractivity (Wildman–Crippen MR) is 86.1 cm³/mol. The highest BCUT2D eigenvalue weighted by Crippen LogP contribution is 2.24. The SMILES string of the molecule is OC[C@@H]1CCCN(C2CCN(Cc3ccccc3)CC2)C1. The van der Waals surface area contributed by atoms with Crippen molar-refractivity contribution in [2.45, 2.75) is 38.3 Å². The molecule has 1 atom stereocenters. The second kappa shape index (κ2) is 7.39. The lowest BCUT2D eigenvalue weighted by Crippen LogP contribution is -2.48. The summed E-state index contributed by atoms with van der Waals surface area (Å²) in [6.07, 6.45) is 5.03. The van der Waals surface area contributed by atoms with Gasteiger partial charge in [-0.05, 0) is 56.8 Å². The summed E-state index contributed by atoms with van der Waals surface area (Å²) < 4.78 is 0. The van der Waals surface area contributed by atoms with Crippen LogP contribution in [0.25, 0.3) is 0 Å². The van der Waals surface area contributed by atoms with Crippen molar-refractivity contribution < 1.29 is 5.11 Å². The number of likely N-dealkylation sites (tertiary alicyclic amines) is 2. The fourth-order valence-electron chi connectivity index (χ4n) is 3.86. The van der Waals surface area contributed by atoms with Gasteiger partial charge in [0.1, 0.15) is 0 Å². The number of piperidine rings is 2. The van der Waals surface area contributed by atoms with E-state index >= 15 is 0 Å². The quantitative estimate of drug-likeness (QED) is 0.921. The smallest absolute Gasteiger partial charge is 0.0471 e. The fraction of sp³-hybridized carbons (Fsp3) is 0.667. The number of nitrogens with zero attached hydrogens (tertiary/aromatic N) is 2. The van der Waals surface area contributed by atoms with Crippen LogP contribution < -0.4 is 0 Å². The summed E-state index contributed by atoms with van der Waals surface area (Å²) in [6.45, 7) is 6.22. The highest BCUT2D eigenvalue weighted by molar-refractivity contribution is 5.14. The van der Waals surface area contributed by atoms with Crippen LogP contribution in [0.5, 0.6) is 0 Å². The average molecular weight is 288 g/mol. The molecular formula is C18H28N2O. The molecule has 1 aromatic rings. The maximum absolute atomic E-state index is 9.38. The molecule has 0 spiro atoms. The third-order valence-electron chi connectivity index (χ3n) is 5.13. The van der Waals surface area contributed by atoms with Gasteiger partial charge in [-0.15, -0.1) is 0 Å². The van der Waals surface area contributed by atoms with Crippen molar-refractivity contribution in [1.82, 2.24) is 9.80 Å². The molecular weight excluding hydrogens is 260 g/mol. The summed E-state index contributed by atoms with van der Waals surface area (Å²) in [5.74, 6) is 0.515. The van der Waals surface area contributed by atoms with Crippen LogP contribution in [-0.2, 0) is 6.54 Å². The van der Waals surface area contributed by atoms with E-state index in [1.165, 1.54) is 50.9 Å². The van der Waals surface area contributed by atoms with Crippen molar-refractivity contribution in [3.63, 3.8) is 0 Å². The molecule has 0 bridgehead atoms. The van der Waals surface area contributed by atoms with Crippen molar-refractivity contribution >= 4 is 0 Å². The zero-order valence-corrected chi connectivity index (χ0v) is 13.0. The van der Waals surface area contributed by atoms with Gasteiger partial charge in [0.05, 0.1) is 0 Å². The first kappa shape index (κ1) is 15.0. The lowest BCUT2D eigenvalue weighted by Gasteiger charge is -2.42. The Balaban J connectivity index is 1.46. The molecule has 0 radical (unpaired) electrons. The van der Waals surface area contributed by atoms with E-state index in [1.807, 2.05) is 0 Å². The van der Waals surface area contributed by atoms with Crippen LogP contribution in [0.4, 0.5) is 0 Å². The summed E-state index contributed by atoms with van der Waals surface area (Å²) in [5, 5.41) is 9.38. The largest absolute Gasteiger partial charge is 0.396 e. The van der Waals surface area contributed by atoms with Crippen LogP contribution in [0.2, 0.25) is 0 Å². The van der Waals surface area contributed by atoms with E-state index < -0.39 is 0 Å².